The van der Waals surface area contributed by atoms with Gasteiger partial charge in [0.2, 0.25) is 0 Å². The lowest BCUT2D eigenvalue weighted by Gasteiger charge is -2.48. The molecular weight excluding hydrogens is 342 g/mol. The second-order valence-corrected chi connectivity index (χ2v) is 8.64. The second kappa shape index (κ2) is 7.27. The average molecular weight is 371 g/mol. The van der Waals surface area contributed by atoms with Crippen LogP contribution in [0.15, 0.2) is 24.3 Å². The Bertz CT molecular complexity index is 758. The first-order valence-corrected chi connectivity index (χ1v) is 9.59. The lowest BCUT2D eigenvalue weighted by atomic mass is 9.78. The normalized spacial score (nSPS) is 25.0. The third kappa shape index (κ3) is 5.10. The molecule has 1 aromatic rings. The topological polar surface area (TPSA) is 70.0 Å². The Hall–Kier alpha value is -1.87. The van der Waals surface area contributed by atoms with Gasteiger partial charge in [-0.25, -0.2) is 0 Å². The summed E-state index contributed by atoms with van der Waals surface area (Å²) in [5.41, 5.74) is -0.744. The highest BCUT2D eigenvalue weighted by Crippen LogP contribution is 2.39. The molecule has 5 nitrogen and oxygen atoms in total. The van der Waals surface area contributed by atoms with Gasteiger partial charge in [-0.3, -0.25) is 4.79 Å². The average Bonchev–Trinajstić information content (AvgIpc) is 2.59. The van der Waals surface area contributed by atoms with Crippen molar-refractivity contribution in [3.8, 4) is 11.8 Å². The third-order valence-corrected chi connectivity index (χ3v) is 5.34. The van der Waals surface area contributed by atoms with E-state index in [1.165, 1.54) is 0 Å². The summed E-state index contributed by atoms with van der Waals surface area (Å²) in [5, 5.41) is 20.1. The van der Waals surface area contributed by atoms with Gasteiger partial charge in [0.15, 0.2) is 0 Å². The van der Waals surface area contributed by atoms with Gasteiger partial charge >= 0.3 is 0 Å². The highest BCUT2D eigenvalue weighted by molar-refractivity contribution is 5.94. The first kappa shape index (κ1) is 19.9. The van der Waals surface area contributed by atoms with Crippen LogP contribution in [0.2, 0.25) is 0 Å². The summed E-state index contributed by atoms with van der Waals surface area (Å²) in [7, 11) is 0. The van der Waals surface area contributed by atoms with Gasteiger partial charge < -0.3 is 19.8 Å². The summed E-state index contributed by atoms with van der Waals surface area (Å²) >= 11 is 0. The molecule has 2 saturated heterocycles. The molecule has 27 heavy (non-hydrogen) atoms. The lowest BCUT2D eigenvalue weighted by Crippen LogP contribution is -2.54. The second-order valence-electron chi connectivity index (χ2n) is 8.64. The maximum atomic E-state index is 12.9. The zero-order valence-corrected chi connectivity index (χ0v) is 16.4. The van der Waals surface area contributed by atoms with E-state index in [4.69, 9.17) is 4.74 Å². The van der Waals surface area contributed by atoms with Crippen LogP contribution in [0.4, 0.5) is 0 Å². The molecular formula is C22H29NO4. The van der Waals surface area contributed by atoms with Crippen LogP contribution in [0.3, 0.4) is 0 Å². The van der Waals surface area contributed by atoms with Gasteiger partial charge in [-0.05, 0) is 58.2 Å². The first-order chi connectivity index (χ1) is 12.6. The largest absolute Gasteiger partial charge is 0.390 e. The maximum absolute atomic E-state index is 12.9. The molecule has 0 aromatic heterocycles. The molecule has 0 bridgehead atoms. The predicted molar refractivity (Wildman–Crippen MR) is 103 cm³/mol. The Morgan fingerprint density at radius 3 is 2.59 bits per heavy atom. The number of hydrogen-bond acceptors (Lipinski definition) is 4. The van der Waals surface area contributed by atoms with Crippen LogP contribution in [0.1, 0.15) is 62.4 Å². The fourth-order valence-electron chi connectivity index (χ4n) is 3.90. The van der Waals surface area contributed by atoms with Crippen LogP contribution in [-0.4, -0.2) is 57.5 Å². The summed E-state index contributed by atoms with van der Waals surface area (Å²) in [6.45, 7) is 6.94. The van der Waals surface area contributed by atoms with Gasteiger partial charge in [0, 0.05) is 30.6 Å². The van der Waals surface area contributed by atoms with Crippen molar-refractivity contribution < 1.29 is 19.7 Å². The summed E-state index contributed by atoms with van der Waals surface area (Å²) in [5.74, 6) is 5.68. The quantitative estimate of drug-likeness (QED) is 0.744. The van der Waals surface area contributed by atoms with Crippen LogP contribution < -0.4 is 0 Å². The Labute approximate surface area is 161 Å². The van der Waals surface area contributed by atoms with Crippen LogP contribution in [0.5, 0.6) is 0 Å². The molecule has 2 aliphatic rings. The van der Waals surface area contributed by atoms with Crippen LogP contribution in [0.25, 0.3) is 0 Å². The SMILES string of the molecule is CC(C)(O)C#Cc1cccc(C(=O)N2CCC3(CC2)CC(C)(O)CCO3)c1. The molecule has 1 spiro atoms. The van der Waals surface area contributed by atoms with Crippen molar-refractivity contribution in [3.63, 3.8) is 0 Å². The summed E-state index contributed by atoms with van der Waals surface area (Å²) < 4.78 is 6.02. The molecule has 2 N–H and O–H groups in total. The molecule has 5 heteroatoms. The minimum atomic E-state index is -1.07. The number of carbonyl (C=O) groups excluding carboxylic acids is 1. The van der Waals surface area contributed by atoms with Crippen molar-refractivity contribution in [3.05, 3.63) is 35.4 Å². The fourth-order valence-corrected chi connectivity index (χ4v) is 3.90. The maximum Gasteiger partial charge on any atom is 0.253 e. The predicted octanol–water partition coefficient (Wildman–Crippen LogP) is 2.35. The smallest absolute Gasteiger partial charge is 0.253 e. The summed E-state index contributed by atoms with van der Waals surface area (Å²) in [6.07, 6.45) is 2.78. The molecule has 2 fully saturated rings. The van der Waals surface area contributed by atoms with Crippen molar-refractivity contribution in [2.45, 2.75) is 63.3 Å². The number of rotatable bonds is 1. The molecule has 146 valence electrons. The summed E-state index contributed by atoms with van der Waals surface area (Å²) in [6, 6.07) is 7.21. The van der Waals surface area contributed by atoms with Gasteiger partial charge in [-0.2, -0.15) is 0 Å². The van der Waals surface area contributed by atoms with E-state index in [1.54, 1.807) is 26.0 Å². The standard InChI is InChI=1S/C22H29NO4/c1-20(2,25)8-7-17-5-4-6-18(15-17)19(24)23-12-9-22(10-13-23)16-21(3,26)11-14-27-22/h4-6,15,25-26H,9-14,16H2,1-3H3. The van der Waals surface area contributed by atoms with Crippen molar-refractivity contribution in [2.24, 2.45) is 0 Å². The zero-order valence-electron chi connectivity index (χ0n) is 16.4. The molecule has 3 rings (SSSR count). The summed E-state index contributed by atoms with van der Waals surface area (Å²) in [4.78, 5) is 14.7. The lowest BCUT2D eigenvalue weighted by molar-refractivity contribution is -0.170. The van der Waals surface area contributed by atoms with E-state index in [-0.39, 0.29) is 11.5 Å². The van der Waals surface area contributed by atoms with E-state index in [0.717, 1.165) is 12.8 Å². The van der Waals surface area contributed by atoms with E-state index in [2.05, 4.69) is 11.8 Å². The Morgan fingerprint density at radius 1 is 1.26 bits per heavy atom. The highest BCUT2D eigenvalue weighted by atomic mass is 16.5. The molecule has 1 atom stereocenters. The molecule has 0 saturated carbocycles. The van der Waals surface area contributed by atoms with Crippen LogP contribution in [-0.2, 0) is 4.74 Å². The van der Waals surface area contributed by atoms with Gasteiger partial charge in [0.05, 0.1) is 17.8 Å². The number of nitrogens with zero attached hydrogens (tertiary/aromatic N) is 1. The number of aliphatic hydroxyl groups is 2. The molecule has 0 aliphatic carbocycles. The first-order valence-electron chi connectivity index (χ1n) is 9.59. The third-order valence-electron chi connectivity index (χ3n) is 5.34. The number of carbonyl (C=O) groups is 1. The fraction of sp³-hybridized carbons (Fsp3) is 0.591. The van der Waals surface area contributed by atoms with Gasteiger partial charge in [0.25, 0.3) is 5.91 Å². The van der Waals surface area contributed by atoms with Gasteiger partial charge in [-0.15, -0.1) is 0 Å². The molecule has 1 amide bonds. The van der Waals surface area contributed by atoms with Crippen molar-refractivity contribution in [2.75, 3.05) is 19.7 Å². The molecule has 1 aromatic carbocycles. The van der Waals surface area contributed by atoms with E-state index in [1.807, 2.05) is 24.0 Å². The zero-order chi connectivity index (χ0) is 19.7. The van der Waals surface area contributed by atoms with E-state index >= 15 is 0 Å². The molecule has 0 radical (unpaired) electrons. The van der Waals surface area contributed by atoms with Crippen molar-refractivity contribution in [1.29, 1.82) is 0 Å². The number of hydrogen-bond donors (Lipinski definition) is 2. The number of piperidine rings is 1. The van der Waals surface area contributed by atoms with Crippen LogP contribution >= 0.6 is 0 Å². The minimum Gasteiger partial charge on any atom is -0.390 e. The highest BCUT2D eigenvalue weighted by Gasteiger charge is 2.44. The number of amides is 1. The van der Waals surface area contributed by atoms with E-state index in [0.29, 0.717) is 43.7 Å². The molecule has 2 heterocycles. The van der Waals surface area contributed by atoms with Gasteiger partial charge in [0.1, 0.15) is 5.60 Å². The Kier molecular flexibility index (Phi) is 5.36. The van der Waals surface area contributed by atoms with Crippen LogP contribution in [0, 0.1) is 11.8 Å². The number of ether oxygens (including phenoxy) is 1. The minimum absolute atomic E-state index is 0.0145. The van der Waals surface area contributed by atoms with Crippen molar-refractivity contribution >= 4 is 5.91 Å². The van der Waals surface area contributed by atoms with Gasteiger partial charge in [-0.1, -0.05) is 17.9 Å². The molecule has 2 aliphatic heterocycles. The van der Waals surface area contributed by atoms with E-state index < -0.39 is 11.2 Å². The molecule has 1 unspecified atom stereocenters. The van der Waals surface area contributed by atoms with E-state index in [9.17, 15) is 15.0 Å². The van der Waals surface area contributed by atoms with Crippen molar-refractivity contribution in [1.82, 2.24) is 4.90 Å². The Balaban J connectivity index is 1.67. The monoisotopic (exact) mass is 371 g/mol. The Morgan fingerprint density at radius 2 is 1.96 bits per heavy atom. The number of likely N-dealkylation sites (tertiary alicyclic amines) is 1. The number of benzene rings is 1.